The minimum absolute atomic E-state index is 0.249. The van der Waals surface area contributed by atoms with Crippen LogP contribution >= 0.6 is 0 Å². The fraction of sp³-hybridized carbons (Fsp3) is 0.650. The van der Waals surface area contributed by atoms with Gasteiger partial charge in [-0.25, -0.2) is 0 Å². The van der Waals surface area contributed by atoms with Gasteiger partial charge in [0.1, 0.15) is 0 Å². The molecule has 0 aliphatic carbocycles. The second-order valence-corrected chi connectivity index (χ2v) is 6.86. The van der Waals surface area contributed by atoms with Crippen molar-refractivity contribution < 1.29 is 4.74 Å². The van der Waals surface area contributed by atoms with Gasteiger partial charge in [-0.15, -0.1) is 0 Å². The van der Waals surface area contributed by atoms with Crippen molar-refractivity contribution in [1.82, 2.24) is 20.4 Å². The lowest BCUT2D eigenvalue weighted by molar-refractivity contribution is 0.130. The van der Waals surface area contributed by atoms with Crippen molar-refractivity contribution in [3.05, 3.63) is 35.9 Å². The number of nitrogens with zero attached hydrogens (tertiary/aromatic N) is 3. The molecule has 6 heteroatoms. The average Bonchev–Trinajstić information content (AvgIpc) is 2.64. The largest absolute Gasteiger partial charge is 0.383 e. The van der Waals surface area contributed by atoms with Crippen LogP contribution in [0, 0.1) is 0 Å². The van der Waals surface area contributed by atoms with E-state index in [9.17, 15) is 0 Å². The van der Waals surface area contributed by atoms with Gasteiger partial charge in [-0.3, -0.25) is 14.8 Å². The van der Waals surface area contributed by atoms with E-state index < -0.39 is 0 Å². The molecular formula is C20H35N5O. The number of hydrogen-bond donors (Lipinski definition) is 2. The Bertz CT molecular complexity index is 514. The number of aliphatic imine (C=N–C) groups is 1. The summed E-state index contributed by atoms with van der Waals surface area (Å²) in [5.74, 6) is 0.875. The first-order valence-electron chi connectivity index (χ1n) is 9.73. The van der Waals surface area contributed by atoms with Gasteiger partial charge >= 0.3 is 0 Å². The molecule has 1 atom stereocenters. The fourth-order valence-corrected chi connectivity index (χ4v) is 3.16. The van der Waals surface area contributed by atoms with Crippen molar-refractivity contribution in [2.45, 2.75) is 26.4 Å². The number of benzene rings is 1. The van der Waals surface area contributed by atoms with Gasteiger partial charge in [0.2, 0.25) is 0 Å². The highest BCUT2D eigenvalue weighted by Crippen LogP contribution is 2.08. The molecule has 6 nitrogen and oxygen atoms in total. The Labute approximate surface area is 158 Å². The molecule has 26 heavy (non-hydrogen) atoms. The molecular weight excluding hydrogens is 326 g/mol. The molecule has 1 unspecified atom stereocenters. The molecule has 1 aliphatic heterocycles. The summed E-state index contributed by atoms with van der Waals surface area (Å²) in [5, 5.41) is 6.68. The van der Waals surface area contributed by atoms with E-state index in [-0.39, 0.29) is 6.04 Å². The van der Waals surface area contributed by atoms with Crippen molar-refractivity contribution in [3.63, 3.8) is 0 Å². The summed E-state index contributed by atoms with van der Waals surface area (Å²) < 4.78 is 5.18. The van der Waals surface area contributed by atoms with Gasteiger partial charge in [0.25, 0.3) is 0 Å². The maximum Gasteiger partial charge on any atom is 0.191 e. The van der Waals surface area contributed by atoms with E-state index in [1.807, 2.05) is 0 Å². The standard InChI is InChI=1S/C20H35N5O/c1-4-21-20(23-18(2)17-26-3)22-10-11-24-12-14-25(15-13-24)16-19-8-6-5-7-9-19/h5-9,18H,4,10-17H2,1-3H3,(H2,21,22,23). The van der Waals surface area contributed by atoms with Crippen LogP contribution in [0.2, 0.25) is 0 Å². The van der Waals surface area contributed by atoms with Crippen molar-refractivity contribution in [3.8, 4) is 0 Å². The van der Waals surface area contributed by atoms with E-state index >= 15 is 0 Å². The quantitative estimate of drug-likeness (QED) is 0.514. The first-order chi connectivity index (χ1) is 12.7. The van der Waals surface area contributed by atoms with Crippen molar-refractivity contribution >= 4 is 5.96 Å². The molecule has 1 saturated heterocycles. The van der Waals surface area contributed by atoms with Crippen molar-refractivity contribution in [1.29, 1.82) is 0 Å². The molecule has 1 aromatic carbocycles. The molecule has 1 aliphatic rings. The van der Waals surface area contributed by atoms with E-state index in [0.29, 0.717) is 6.61 Å². The van der Waals surface area contributed by atoms with Gasteiger partial charge in [0, 0.05) is 59.0 Å². The number of ether oxygens (including phenoxy) is 1. The smallest absolute Gasteiger partial charge is 0.191 e. The van der Waals surface area contributed by atoms with Gasteiger partial charge < -0.3 is 15.4 Å². The summed E-state index contributed by atoms with van der Waals surface area (Å²) in [6.07, 6.45) is 0. The van der Waals surface area contributed by atoms with Crippen LogP contribution in [0.15, 0.2) is 35.3 Å². The highest BCUT2D eigenvalue weighted by atomic mass is 16.5. The summed E-state index contributed by atoms with van der Waals surface area (Å²) in [7, 11) is 1.72. The van der Waals surface area contributed by atoms with E-state index in [4.69, 9.17) is 9.73 Å². The number of hydrogen-bond acceptors (Lipinski definition) is 4. The Morgan fingerprint density at radius 2 is 1.85 bits per heavy atom. The zero-order chi connectivity index (χ0) is 18.6. The van der Waals surface area contributed by atoms with Gasteiger partial charge in [-0.1, -0.05) is 30.3 Å². The molecule has 0 bridgehead atoms. The highest BCUT2D eigenvalue weighted by molar-refractivity contribution is 5.80. The third kappa shape index (κ3) is 7.72. The van der Waals surface area contributed by atoms with Gasteiger partial charge in [-0.2, -0.15) is 0 Å². The minimum atomic E-state index is 0.249. The van der Waals surface area contributed by atoms with Crippen LogP contribution in [-0.4, -0.2) is 81.3 Å². The predicted octanol–water partition coefficient (Wildman–Crippen LogP) is 1.39. The molecule has 1 heterocycles. The Hall–Kier alpha value is -1.63. The van der Waals surface area contributed by atoms with Crippen LogP contribution in [0.3, 0.4) is 0 Å². The molecule has 2 N–H and O–H groups in total. The lowest BCUT2D eigenvalue weighted by Crippen LogP contribution is -2.47. The monoisotopic (exact) mass is 361 g/mol. The maximum absolute atomic E-state index is 5.18. The van der Waals surface area contributed by atoms with E-state index in [1.165, 1.54) is 5.56 Å². The summed E-state index contributed by atoms with van der Waals surface area (Å²) in [6, 6.07) is 11.0. The van der Waals surface area contributed by atoms with E-state index in [1.54, 1.807) is 7.11 Å². The van der Waals surface area contributed by atoms with Crippen molar-refractivity contribution in [2.24, 2.45) is 4.99 Å². The molecule has 0 aromatic heterocycles. The number of guanidine groups is 1. The van der Waals surface area contributed by atoms with E-state index in [2.05, 4.69) is 64.6 Å². The normalized spacial score (nSPS) is 17.9. The summed E-state index contributed by atoms with van der Waals surface area (Å²) in [5.41, 5.74) is 1.40. The van der Waals surface area contributed by atoms with Gasteiger partial charge in [0.15, 0.2) is 5.96 Å². The first kappa shape index (κ1) is 20.7. The second kappa shape index (κ2) is 11.9. The molecule has 146 valence electrons. The molecule has 0 radical (unpaired) electrons. The predicted molar refractivity (Wildman–Crippen MR) is 109 cm³/mol. The first-order valence-corrected chi connectivity index (χ1v) is 9.73. The Kier molecular flexibility index (Phi) is 9.45. The zero-order valence-electron chi connectivity index (χ0n) is 16.6. The Morgan fingerprint density at radius 1 is 1.15 bits per heavy atom. The zero-order valence-corrected chi connectivity index (χ0v) is 16.6. The summed E-state index contributed by atoms with van der Waals surface area (Å²) >= 11 is 0. The molecule has 0 spiro atoms. The molecule has 1 aromatic rings. The third-order valence-electron chi connectivity index (χ3n) is 4.54. The Balaban J connectivity index is 1.69. The van der Waals surface area contributed by atoms with Crippen LogP contribution in [0.5, 0.6) is 0 Å². The van der Waals surface area contributed by atoms with E-state index in [0.717, 1.165) is 58.3 Å². The van der Waals surface area contributed by atoms with Crippen LogP contribution in [0.4, 0.5) is 0 Å². The highest BCUT2D eigenvalue weighted by Gasteiger charge is 2.16. The molecule has 0 amide bonds. The topological polar surface area (TPSA) is 52.1 Å². The number of nitrogens with one attached hydrogen (secondary N) is 2. The lowest BCUT2D eigenvalue weighted by atomic mass is 10.2. The number of rotatable bonds is 9. The molecule has 0 saturated carbocycles. The number of methoxy groups -OCH3 is 1. The number of piperazine rings is 1. The second-order valence-electron chi connectivity index (χ2n) is 6.86. The van der Waals surface area contributed by atoms with Crippen LogP contribution in [0.1, 0.15) is 19.4 Å². The maximum atomic E-state index is 5.18. The molecule has 2 rings (SSSR count). The van der Waals surface area contributed by atoms with Crippen LogP contribution in [-0.2, 0) is 11.3 Å². The summed E-state index contributed by atoms with van der Waals surface area (Å²) in [4.78, 5) is 9.74. The minimum Gasteiger partial charge on any atom is -0.383 e. The van der Waals surface area contributed by atoms with Gasteiger partial charge in [0.05, 0.1) is 13.2 Å². The summed E-state index contributed by atoms with van der Waals surface area (Å²) in [6.45, 7) is 13.1. The average molecular weight is 362 g/mol. The third-order valence-corrected chi connectivity index (χ3v) is 4.54. The molecule has 1 fully saturated rings. The van der Waals surface area contributed by atoms with Gasteiger partial charge in [-0.05, 0) is 19.4 Å². The van der Waals surface area contributed by atoms with Crippen LogP contribution < -0.4 is 10.6 Å². The fourth-order valence-electron chi connectivity index (χ4n) is 3.16. The van der Waals surface area contributed by atoms with Crippen molar-refractivity contribution in [2.75, 3.05) is 59.5 Å². The lowest BCUT2D eigenvalue weighted by Gasteiger charge is -2.34. The SMILES string of the molecule is CCNC(=NCCN1CCN(Cc2ccccc2)CC1)NC(C)COC. The Morgan fingerprint density at radius 3 is 2.50 bits per heavy atom. The van der Waals surface area contributed by atoms with Crippen LogP contribution in [0.25, 0.3) is 0 Å².